The highest BCUT2D eigenvalue weighted by Gasteiger charge is 2.40. The van der Waals surface area contributed by atoms with Gasteiger partial charge >= 0.3 is 0 Å². The van der Waals surface area contributed by atoms with Gasteiger partial charge < -0.3 is 9.67 Å². The van der Waals surface area contributed by atoms with Crippen LogP contribution in [0.4, 0.5) is 0 Å². The van der Waals surface area contributed by atoms with Crippen LogP contribution < -0.4 is 0 Å². The maximum atomic E-state index is 10.7. The Bertz CT molecular complexity index is 796. The number of nitrogens with one attached hydrogen (secondary N) is 1. The van der Waals surface area contributed by atoms with Crippen molar-refractivity contribution in [3.05, 3.63) is 42.0 Å². The minimum absolute atomic E-state index is 0.544. The van der Waals surface area contributed by atoms with E-state index < -0.39 is 5.60 Å². The fourth-order valence-electron chi connectivity index (χ4n) is 3.18. The maximum Gasteiger partial charge on any atom is 0.124 e. The number of rotatable bonds is 3. The number of aromatic nitrogens is 5. The zero-order valence-corrected chi connectivity index (χ0v) is 12.4. The summed E-state index contributed by atoms with van der Waals surface area (Å²) in [6, 6.07) is 8.11. The molecule has 7 nitrogen and oxygen atoms in total. The number of β-amino-alcohol motifs (C(OH)–C–C–N with tert-alkyl or cyclic N) is 1. The van der Waals surface area contributed by atoms with Crippen LogP contribution in [0, 0.1) is 0 Å². The van der Waals surface area contributed by atoms with Crippen LogP contribution in [0.25, 0.3) is 11.0 Å². The second-order valence-corrected chi connectivity index (χ2v) is 5.92. The van der Waals surface area contributed by atoms with Crippen LogP contribution in [0.2, 0.25) is 0 Å². The predicted octanol–water partition coefficient (Wildman–Crippen LogP) is 0.785. The van der Waals surface area contributed by atoms with Gasteiger partial charge in [-0.1, -0.05) is 12.1 Å². The molecule has 22 heavy (non-hydrogen) atoms. The second kappa shape index (κ2) is 4.89. The largest absolute Gasteiger partial charge is 0.382 e. The van der Waals surface area contributed by atoms with Gasteiger partial charge in [0.15, 0.2) is 0 Å². The number of fused-ring (bicyclic) bond motifs is 1. The van der Waals surface area contributed by atoms with E-state index >= 15 is 0 Å². The van der Waals surface area contributed by atoms with Crippen LogP contribution in [0.3, 0.4) is 0 Å². The van der Waals surface area contributed by atoms with Crippen LogP contribution in [-0.4, -0.2) is 48.1 Å². The van der Waals surface area contributed by atoms with Crippen LogP contribution >= 0.6 is 0 Å². The smallest absolute Gasteiger partial charge is 0.124 e. The summed E-state index contributed by atoms with van der Waals surface area (Å²) in [4.78, 5) is 6.90. The number of imidazole rings is 1. The van der Waals surface area contributed by atoms with Gasteiger partial charge in [-0.05, 0) is 18.6 Å². The Balaban J connectivity index is 1.56. The van der Waals surface area contributed by atoms with Crippen molar-refractivity contribution in [2.24, 2.45) is 7.05 Å². The molecular weight excluding hydrogens is 280 g/mol. The van der Waals surface area contributed by atoms with E-state index in [1.54, 1.807) is 6.20 Å². The molecule has 0 spiro atoms. The Labute approximate surface area is 127 Å². The van der Waals surface area contributed by atoms with Crippen molar-refractivity contribution in [2.45, 2.75) is 18.6 Å². The number of aliphatic hydroxyl groups is 1. The summed E-state index contributed by atoms with van der Waals surface area (Å²) in [6.45, 7) is 2.07. The molecule has 0 radical (unpaired) electrons. The highest BCUT2D eigenvalue weighted by atomic mass is 16.3. The van der Waals surface area contributed by atoms with Gasteiger partial charge in [-0.15, -0.1) is 0 Å². The Morgan fingerprint density at radius 2 is 2.23 bits per heavy atom. The summed E-state index contributed by atoms with van der Waals surface area (Å²) < 4.78 is 2.11. The monoisotopic (exact) mass is 298 g/mol. The van der Waals surface area contributed by atoms with E-state index in [1.165, 1.54) is 0 Å². The standard InChI is InChI=1S/C15H18N6O/c1-20-12-5-3-2-4-11(12)17-14(20)9-21-7-6-15(22,10-21)13-8-16-19-18-13/h2-5,8,22H,6-7,9-10H2,1H3,(H,16,18,19). The van der Waals surface area contributed by atoms with Gasteiger partial charge in [0.25, 0.3) is 0 Å². The Kier molecular flexibility index (Phi) is 2.98. The lowest BCUT2D eigenvalue weighted by Crippen LogP contribution is -2.31. The summed E-state index contributed by atoms with van der Waals surface area (Å²) in [5.74, 6) is 1.01. The molecule has 3 aromatic rings. The van der Waals surface area contributed by atoms with Crippen LogP contribution in [0.5, 0.6) is 0 Å². The minimum atomic E-state index is -0.919. The molecule has 1 saturated heterocycles. The number of hydrogen-bond acceptors (Lipinski definition) is 5. The third-order valence-electron chi connectivity index (χ3n) is 4.46. The van der Waals surface area contributed by atoms with Crippen LogP contribution in [-0.2, 0) is 19.2 Å². The molecule has 3 heterocycles. The van der Waals surface area contributed by atoms with Gasteiger partial charge in [-0.3, -0.25) is 4.90 Å². The van der Waals surface area contributed by atoms with Crippen LogP contribution in [0.1, 0.15) is 17.9 Å². The Morgan fingerprint density at radius 1 is 1.36 bits per heavy atom. The number of benzene rings is 1. The number of nitrogens with zero attached hydrogens (tertiary/aromatic N) is 5. The zero-order valence-electron chi connectivity index (χ0n) is 12.4. The molecule has 114 valence electrons. The molecule has 4 rings (SSSR count). The number of likely N-dealkylation sites (tertiary alicyclic amines) is 1. The fraction of sp³-hybridized carbons (Fsp3) is 0.400. The van der Waals surface area contributed by atoms with Crippen molar-refractivity contribution in [3.8, 4) is 0 Å². The zero-order chi connectivity index (χ0) is 15.2. The van der Waals surface area contributed by atoms with Crippen molar-refractivity contribution in [1.29, 1.82) is 0 Å². The van der Waals surface area contributed by atoms with Gasteiger partial charge in [0.05, 0.1) is 23.8 Å². The molecule has 1 unspecified atom stereocenters. The van der Waals surface area contributed by atoms with E-state index in [0.29, 0.717) is 25.2 Å². The van der Waals surface area contributed by atoms with Crippen LogP contribution in [0.15, 0.2) is 30.5 Å². The molecule has 1 aliphatic heterocycles. The molecule has 1 atom stereocenters. The highest BCUT2D eigenvalue weighted by Crippen LogP contribution is 2.31. The predicted molar refractivity (Wildman–Crippen MR) is 80.9 cm³/mol. The lowest BCUT2D eigenvalue weighted by Gasteiger charge is -2.20. The van der Waals surface area contributed by atoms with Gasteiger partial charge in [0.2, 0.25) is 0 Å². The Morgan fingerprint density at radius 3 is 3.00 bits per heavy atom. The lowest BCUT2D eigenvalue weighted by molar-refractivity contribution is 0.0405. The quantitative estimate of drug-likeness (QED) is 0.747. The average Bonchev–Trinajstić information content (AvgIpc) is 3.22. The van der Waals surface area contributed by atoms with Gasteiger partial charge in [0.1, 0.15) is 17.1 Å². The van der Waals surface area contributed by atoms with E-state index in [1.807, 2.05) is 25.2 Å². The summed E-state index contributed by atoms with van der Waals surface area (Å²) in [5, 5.41) is 21.1. The first-order valence-corrected chi connectivity index (χ1v) is 7.37. The lowest BCUT2D eigenvalue weighted by atomic mass is 10.0. The Hall–Kier alpha value is -2.25. The number of aromatic amines is 1. The molecule has 0 amide bonds. The molecule has 0 aliphatic carbocycles. The molecule has 7 heteroatoms. The summed E-state index contributed by atoms with van der Waals surface area (Å²) >= 11 is 0. The van der Waals surface area contributed by atoms with E-state index in [4.69, 9.17) is 4.98 Å². The highest BCUT2D eigenvalue weighted by molar-refractivity contribution is 5.75. The normalized spacial score (nSPS) is 22.6. The van der Waals surface area contributed by atoms with E-state index in [2.05, 4.69) is 30.9 Å². The van der Waals surface area contributed by atoms with Crippen molar-refractivity contribution < 1.29 is 5.11 Å². The van der Waals surface area contributed by atoms with Crippen molar-refractivity contribution >= 4 is 11.0 Å². The number of hydrogen-bond donors (Lipinski definition) is 2. The molecule has 0 saturated carbocycles. The average molecular weight is 298 g/mol. The van der Waals surface area contributed by atoms with E-state index in [-0.39, 0.29) is 0 Å². The first kappa shape index (κ1) is 13.4. The van der Waals surface area contributed by atoms with Gasteiger partial charge in [0, 0.05) is 20.1 Å². The van der Waals surface area contributed by atoms with E-state index in [9.17, 15) is 5.11 Å². The minimum Gasteiger partial charge on any atom is -0.382 e. The van der Waals surface area contributed by atoms with E-state index in [0.717, 1.165) is 23.4 Å². The SMILES string of the molecule is Cn1c(CN2CCC(O)(c3cn[nH]n3)C2)nc2ccccc21. The molecule has 1 fully saturated rings. The van der Waals surface area contributed by atoms with Crippen molar-refractivity contribution in [2.75, 3.05) is 13.1 Å². The third-order valence-corrected chi connectivity index (χ3v) is 4.46. The third kappa shape index (κ3) is 2.10. The molecule has 2 aromatic heterocycles. The van der Waals surface area contributed by atoms with Gasteiger partial charge in [-0.25, -0.2) is 4.98 Å². The number of para-hydroxylation sites is 2. The molecule has 1 aliphatic rings. The number of H-pyrrole nitrogens is 1. The topological polar surface area (TPSA) is 82.9 Å². The second-order valence-electron chi connectivity index (χ2n) is 5.92. The maximum absolute atomic E-state index is 10.7. The van der Waals surface area contributed by atoms with Crippen molar-refractivity contribution in [1.82, 2.24) is 29.9 Å². The molecule has 0 bridgehead atoms. The first-order chi connectivity index (χ1) is 10.7. The first-order valence-electron chi connectivity index (χ1n) is 7.37. The van der Waals surface area contributed by atoms with Gasteiger partial charge in [-0.2, -0.15) is 15.4 Å². The summed E-state index contributed by atoms with van der Waals surface area (Å²) in [7, 11) is 2.03. The fourth-order valence-corrected chi connectivity index (χ4v) is 3.18. The number of aryl methyl sites for hydroxylation is 1. The molecule has 1 aromatic carbocycles. The van der Waals surface area contributed by atoms with Crippen molar-refractivity contribution in [3.63, 3.8) is 0 Å². The molecule has 2 N–H and O–H groups in total. The summed E-state index contributed by atoms with van der Waals surface area (Å²) in [5.41, 5.74) is 1.83. The molecular formula is C15H18N6O. The summed E-state index contributed by atoms with van der Waals surface area (Å²) in [6.07, 6.45) is 2.25.